The topological polar surface area (TPSA) is 89.8 Å². The number of nitrogens with zero attached hydrogens (tertiary/aromatic N) is 4. The Morgan fingerprint density at radius 2 is 1.69 bits per heavy atom. The first kappa shape index (κ1) is 17.8. The summed E-state index contributed by atoms with van der Waals surface area (Å²) in [5.41, 5.74) is 2.90. The molecule has 1 amide bonds. The number of carbonyl (C=O) groups excluding carboxylic acids is 2. The third-order valence-corrected chi connectivity index (χ3v) is 4.80. The van der Waals surface area contributed by atoms with Crippen LogP contribution >= 0.6 is 11.8 Å². The van der Waals surface area contributed by atoms with Gasteiger partial charge < -0.3 is 5.32 Å². The Bertz CT molecular complexity index is 920. The van der Waals surface area contributed by atoms with E-state index < -0.39 is 0 Å². The van der Waals surface area contributed by atoms with Gasteiger partial charge in [0.05, 0.1) is 0 Å². The number of anilines is 1. The molecule has 0 atom stereocenters. The zero-order valence-corrected chi connectivity index (χ0v) is 15.2. The highest BCUT2D eigenvalue weighted by Crippen LogP contribution is 2.20. The number of tetrazole rings is 1. The van der Waals surface area contributed by atoms with Crippen molar-refractivity contribution in [2.45, 2.75) is 17.8 Å². The van der Waals surface area contributed by atoms with E-state index in [1.807, 2.05) is 12.1 Å². The Balaban J connectivity index is 1.59. The summed E-state index contributed by atoms with van der Waals surface area (Å²) in [5.74, 6) is 0.508. The van der Waals surface area contributed by atoms with Crippen LogP contribution in [-0.4, -0.2) is 31.9 Å². The van der Waals surface area contributed by atoms with Crippen molar-refractivity contribution >= 4 is 29.1 Å². The smallest absolute Gasteiger partial charge is 0.255 e. The number of aromatic nitrogens is 4. The second-order valence-corrected chi connectivity index (χ2v) is 6.60. The van der Waals surface area contributed by atoms with Crippen LogP contribution in [0.4, 0.5) is 5.69 Å². The average molecular weight is 367 g/mol. The van der Waals surface area contributed by atoms with E-state index in [-0.39, 0.29) is 11.7 Å². The van der Waals surface area contributed by atoms with Gasteiger partial charge in [0.1, 0.15) is 0 Å². The molecule has 3 rings (SSSR count). The lowest BCUT2D eigenvalue weighted by atomic mass is 10.1. The van der Waals surface area contributed by atoms with Crippen molar-refractivity contribution in [1.82, 2.24) is 20.2 Å². The van der Waals surface area contributed by atoms with Gasteiger partial charge in [-0.2, -0.15) is 0 Å². The van der Waals surface area contributed by atoms with Gasteiger partial charge >= 0.3 is 0 Å². The number of nitrogens with one attached hydrogen (secondary N) is 1. The van der Waals surface area contributed by atoms with E-state index in [2.05, 4.69) is 20.8 Å². The summed E-state index contributed by atoms with van der Waals surface area (Å²) in [7, 11) is 1.79. The van der Waals surface area contributed by atoms with E-state index in [1.54, 1.807) is 48.1 Å². The van der Waals surface area contributed by atoms with Gasteiger partial charge in [-0.1, -0.05) is 23.9 Å². The molecule has 2 aromatic carbocycles. The van der Waals surface area contributed by atoms with Gasteiger partial charge in [0.15, 0.2) is 5.78 Å². The molecule has 0 unspecified atom stereocenters. The van der Waals surface area contributed by atoms with Gasteiger partial charge in [-0.05, 0) is 59.3 Å². The van der Waals surface area contributed by atoms with Gasteiger partial charge in [-0.15, -0.1) is 5.10 Å². The largest absolute Gasteiger partial charge is 0.322 e. The van der Waals surface area contributed by atoms with Gasteiger partial charge in [0.2, 0.25) is 5.16 Å². The predicted molar refractivity (Wildman–Crippen MR) is 99.2 cm³/mol. The van der Waals surface area contributed by atoms with E-state index >= 15 is 0 Å². The molecule has 132 valence electrons. The lowest BCUT2D eigenvalue weighted by Crippen LogP contribution is -2.11. The van der Waals surface area contributed by atoms with Crippen LogP contribution in [0.3, 0.4) is 0 Å². The fourth-order valence-corrected chi connectivity index (χ4v) is 3.04. The van der Waals surface area contributed by atoms with Crippen molar-refractivity contribution < 1.29 is 9.59 Å². The highest BCUT2D eigenvalue weighted by atomic mass is 32.2. The Hall–Kier alpha value is -3.00. The normalized spacial score (nSPS) is 10.5. The van der Waals surface area contributed by atoms with Crippen molar-refractivity contribution in [1.29, 1.82) is 0 Å². The number of Topliss-reactive ketones (excluding diaryl/α,β-unsaturated/α-hetero) is 1. The number of aryl methyl sites for hydroxylation is 1. The Kier molecular flexibility index (Phi) is 5.43. The van der Waals surface area contributed by atoms with Crippen molar-refractivity contribution in [3.05, 3.63) is 65.2 Å². The molecule has 1 aromatic heterocycles. The maximum absolute atomic E-state index is 12.3. The molecule has 7 nitrogen and oxygen atoms in total. The van der Waals surface area contributed by atoms with E-state index in [4.69, 9.17) is 0 Å². The van der Waals surface area contributed by atoms with Crippen molar-refractivity contribution in [3.8, 4) is 0 Å². The number of thioether (sulfide) groups is 1. The Morgan fingerprint density at radius 3 is 2.27 bits per heavy atom. The van der Waals surface area contributed by atoms with Crippen LogP contribution < -0.4 is 5.32 Å². The lowest BCUT2D eigenvalue weighted by Gasteiger charge is -2.07. The number of hydrogen-bond donors (Lipinski definition) is 1. The summed E-state index contributed by atoms with van der Waals surface area (Å²) >= 11 is 1.53. The third-order valence-electron chi connectivity index (χ3n) is 3.71. The first-order chi connectivity index (χ1) is 12.5. The Labute approximate surface area is 154 Å². The monoisotopic (exact) mass is 367 g/mol. The molecule has 1 N–H and O–H groups in total. The minimum absolute atomic E-state index is 0.00607. The van der Waals surface area contributed by atoms with Crippen LogP contribution in [0.5, 0.6) is 0 Å². The molecule has 0 aliphatic heterocycles. The molecule has 1 heterocycles. The molecule has 3 aromatic rings. The summed E-state index contributed by atoms with van der Waals surface area (Å²) in [5, 5.41) is 14.9. The number of benzene rings is 2. The zero-order chi connectivity index (χ0) is 18.5. The lowest BCUT2D eigenvalue weighted by molar-refractivity contribution is 0.101. The highest BCUT2D eigenvalue weighted by molar-refractivity contribution is 7.98. The summed E-state index contributed by atoms with van der Waals surface area (Å²) in [6.07, 6.45) is 0. The number of ketones is 1. The number of amides is 1. The van der Waals surface area contributed by atoms with Crippen LogP contribution in [0.2, 0.25) is 0 Å². The Morgan fingerprint density at radius 1 is 1.04 bits per heavy atom. The molecular weight excluding hydrogens is 350 g/mol. The van der Waals surface area contributed by atoms with Crippen LogP contribution in [0, 0.1) is 0 Å². The highest BCUT2D eigenvalue weighted by Gasteiger charge is 2.08. The molecule has 0 saturated heterocycles. The predicted octanol–water partition coefficient (Wildman–Crippen LogP) is 2.96. The molecule has 0 aliphatic carbocycles. The van der Waals surface area contributed by atoms with Crippen LogP contribution in [-0.2, 0) is 12.8 Å². The van der Waals surface area contributed by atoms with Crippen LogP contribution in [0.15, 0.2) is 53.7 Å². The average Bonchev–Trinajstić information content (AvgIpc) is 3.06. The van der Waals surface area contributed by atoms with Gasteiger partial charge in [0, 0.05) is 29.6 Å². The fourth-order valence-electron chi connectivity index (χ4n) is 2.24. The SMILES string of the molecule is CC(=O)c1ccc(NC(=O)c2ccc(CSc3nnnn3C)cc2)cc1. The first-order valence-electron chi connectivity index (χ1n) is 7.89. The maximum atomic E-state index is 12.3. The molecule has 0 bridgehead atoms. The number of rotatable bonds is 6. The first-order valence-corrected chi connectivity index (χ1v) is 8.88. The summed E-state index contributed by atoms with van der Waals surface area (Å²) in [6, 6.07) is 14.2. The van der Waals surface area contributed by atoms with E-state index in [0.29, 0.717) is 22.6 Å². The molecular formula is C18H17N5O2S. The molecule has 8 heteroatoms. The van der Waals surface area contributed by atoms with Crippen LogP contribution in [0.1, 0.15) is 33.2 Å². The zero-order valence-electron chi connectivity index (χ0n) is 14.3. The van der Waals surface area contributed by atoms with Crippen molar-refractivity contribution in [3.63, 3.8) is 0 Å². The standard InChI is InChI=1S/C18H17N5O2S/c1-12(24)14-7-9-16(10-8-14)19-17(25)15-5-3-13(4-6-15)11-26-18-20-21-22-23(18)2/h3-10H,11H2,1-2H3,(H,19,25). The minimum atomic E-state index is -0.197. The summed E-state index contributed by atoms with van der Waals surface area (Å²) < 4.78 is 1.61. The molecule has 0 spiro atoms. The number of carbonyl (C=O) groups is 2. The minimum Gasteiger partial charge on any atom is -0.322 e. The second kappa shape index (κ2) is 7.92. The molecule has 0 radical (unpaired) electrons. The summed E-state index contributed by atoms with van der Waals surface area (Å²) in [6.45, 7) is 1.51. The quantitative estimate of drug-likeness (QED) is 0.532. The second-order valence-electron chi connectivity index (χ2n) is 5.66. The van der Waals surface area contributed by atoms with Crippen LogP contribution in [0.25, 0.3) is 0 Å². The fraction of sp³-hybridized carbons (Fsp3) is 0.167. The maximum Gasteiger partial charge on any atom is 0.255 e. The van der Waals surface area contributed by atoms with E-state index in [1.165, 1.54) is 18.7 Å². The molecule has 0 aliphatic rings. The van der Waals surface area contributed by atoms with Gasteiger partial charge in [0.25, 0.3) is 5.91 Å². The van der Waals surface area contributed by atoms with Crippen molar-refractivity contribution in [2.24, 2.45) is 7.05 Å². The van der Waals surface area contributed by atoms with E-state index in [0.717, 1.165) is 10.7 Å². The van der Waals surface area contributed by atoms with Crippen molar-refractivity contribution in [2.75, 3.05) is 5.32 Å². The van der Waals surface area contributed by atoms with E-state index in [9.17, 15) is 9.59 Å². The molecule has 0 saturated carbocycles. The molecule has 26 heavy (non-hydrogen) atoms. The van der Waals surface area contributed by atoms with Gasteiger partial charge in [-0.25, -0.2) is 4.68 Å². The molecule has 0 fully saturated rings. The number of hydrogen-bond acceptors (Lipinski definition) is 6. The third kappa shape index (κ3) is 4.34. The van der Waals surface area contributed by atoms with Gasteiger partial charge in [-0.3, -0.25) is 9.59 Å². The summed E-state index contributed by atoms with van der Waals surface area (Å²) in [4.78, 5) is 23.6.